The minimum absolute atomic E-state index is 0.338. The van der Waals surface area contributed by atoms with Crippen molar-refractivity contribution in [3.63, 3.8) is 0 Å². The van der Waals surface area contributed by atoms with Gasteiger partial charge in [-0.1, -0.05) is 29.8 Å². The van der Waals surface area contributed by atoms with Gasteiger partial charge in [-0.15, -0.1) is 0 Å². The van der Waals surface area contributed by atoms with Gasteiger partial charge in [0, 0.05) is 5.54 Å². The minimum atomic E-state index is -0.599. The van der Waals surface area contributed by atoms with E-state index >= 15 is 0 Å². The van der Waals surface area contributed by atoms with Crippen LogP contribution in [-0.2, 0) is 5.54 Å². The van der Waals surface area contributed by atoms with Gasteiger partial charge in [0.15, 0.2) is 0 Å². The van der Waals surface area contributed by atoms with Crippen molar-refractivity contribution in [2.75, 3.05) is 0 Å². The molecule has 2 nitrogen and oxygen atoms in total. The van der Waals surface area contributed by atoms with Crippen LogP contribution in [0.25, 0.3) is 0 Å². The Kier molecular flexibility index (Phi) is 2.36. The summed E-state index contributed by atoms with van der Waals surface area (Å²) >= 11 is 0. The third-order valence-electron chi connectivity index (χ3n) is 3.40. The zero-order valence-electron chi connectivity index (χ0n) is 9.46. The van der Waals surface area contributed by atoms with Crippen LogP contribution in [0.5, 0.6) is 0 Å². The first-order valence-corrected chi connectivity index (χ1v) is 5.50. The fourth-order valence-corrected chi connectivity index (χ4v) is 2.55. The molecular formula is C13H19NO. The van der Waals surface area contributed by atoms with Crippen LogP contribution in [0.1, 0.15) is 37.3 Å². The van der Waals surface area contributed by atoms with Gasteiger partial charge in [-0.2, -0.15) is 0 Å². The van der Waals surface area contributed by atoms with Crippen molar-refractivity contribution in [2.45, 2.75) is 44.2 Å². The van der Waals surface area contributed by atoms with E-state index in [1.54, 1.807) is 0 Å². The maximum absolute atomic E-state index is 9.98. The predicted molar refractivity (Wildman–Crippen MR) is 61.5 cm³/mol. The van der Waals surface area contributed by atoms with Crippen LogP contribution >= 0.6 is 0 Å². The molecular weight excluding hydrogens is 186 g/mol. The molecule has 0 aliphatic heterocycles. The van der Waals surface area contributed by atoms with Crippen LogP contribution < -0.4 is 5.73 Å². The normalized spacial score (nSPS) is 35.7. The third-order valence-corrected chi connectivity index (χ3v) is 3.40. The molecule has 1 aliphatic rings. The summed E-state index contributed by atoms with van der Waals surface area (Å²) in [5, 5.41) is 9.98. The van der Waals surface area contributed by atoms with Crippen LogP contribution in [0.15, 0.2) is 24.3 Å². The Labute approximate surface area is 91.1 Å². The molecule has 1 saturated carbocycles. The second-order valence-electron chi connectivity index (χ2n) is 5.20. The van der Waals surface area contributed by atoms with Crippen LogP contribution in [0.2, 0.25) is 0 Å². The van der Waals surface area contributed by atoms with Crippen molar-refractivity contribution in [1.29, 1.82) is 0 Å². The molecule has 2 heteroatoms. The second-order valence-corrected chi connectivity index (χ2v) is 5.20. The van der Waals surface area contributed by atoms with Crippen molar-refractivity contribution in [1.82, 2.24) is 0 Å². The lowest BCUT2D eigenvalue weighted by atomic mass is 9.87. The molecule has 0 aromatic heterocycles. The van der Waals surface area contributed by atoms with E-state index in [1.807, 2.05) is 13.0 Å². The first kappa shape index (κ1) is 10.7. The fraction of sp³-hybridized carbons (Fsp3) is 0.538. The van der Waals surface area contributed by atoms with Crippen molar-refractivity contribution in [3.05, 3.63) is 35.4 Å². The maximum Gasteiger partial charge on any atom is 0.0641 e. The Morgan fingerprint density at radius 3 is 2.60 bits per heavy atom. The minimum Gasteiger partial charge on any atom is -0.390 e. The van der Waals surface area contributed by atoms with Crippen molar-refractivity contribution in [2.24, 2.45) is 5.73 Å². The van der Waals surface area contributed by atoms with Crippen LogP contribution in [0, 0.1) is 6.92 Å². The Morgan fingerprint density at radius 1 is 1.33 bits per heavy atom. The van der Waals surface area contributed by atoms with Crippen LogP contribution in [0.4, 0.5) is 0 Å². The van der Waals surface area contributed by atoms with Crippen LogP contribution in [0.3, 0.4) is 0 Å². The molecule has 1 aliphatic carbocycles. The number of hydrogen-bond donors (Lipinski definition) is 2. The van der Waals surface area contributed by atoms with E-state index in [1.165, 1.54) is 5.56 Å². The summed E-state index contributed by atoms with van der Waals surface area (Å²) in [4.78, 5) is 0. The molecule has 2 unspecified atom stereocenters. The molecule has 0 saturated heterocycles. The molecule has 1 aromatic rings. The Bertz CT molecular complexity index is 373. The number of aliphatic hydroxyl groups is 1. The standard InChI is InChI=1S/C13H19NO/c1-10-4-3-5-11(8-10)13(14)7-6-12(2,15)9-13/h3-5,8,15H,6-7,9,14H2,1-2H3. The van der Waals surface area contributed by atoms with E-state index in [9.17, 15) is 5.11 Å². The highest BCUT2D eigenvalue weighted by Crippen LogP contribution is 2.42. The van der Waals surface area contributed by atoms with Gasteiger partial charge in [-0.3, -0.25) is 0 Å². The monoisotopic (exact) mass is 205 g/mol. The average Bonchev–Trinajstić information content (AvgIpc) is 2.42. The molecule has 3 N–H and O–H groups in total. The lowest BCUT2D eigenvalue weighted by Gasteiger charge is -2.26. The van der Waals surface area contributed by atoms with Gasteiger partial charge in [0.05, 0.1) is 5.60 Å². The number of hydrogen-bond acceptors (Lipinski definition) is 2. The summed E-state index contributed by atoms with van der Waals surface area (Å²) in [6.45, 7) is 3.94. The second kappa shape index (κ2) is 3.32. The molecule has 0 amide bonds. The molecule has 1 aromatic carbocycles. The van der Waals surface area contributed by atoms with Crippen LogP contribution in [-0.4, -0.2) is 10.7 Å². The first-order valence-electron chi connectivity index (χ1n) is 5.50. The zero-order valence-corrected chi connectivity index (χ0v) is 9.46. The Morgan fingerprint density at radius 2 is 2.07 bits per heavy atom. The lowest BCUT2D eigenvalue weighted by Crippen LogP contribution is -2.36. The van der Waals surface area contributed by atoms with E-state index in [4.69, 9.17) is 5.73 Å². The zero-order chi connectivity index (χ0) is 11.1. The largest absolute Gasteiger partial charge is 0.390 e. The third kappa shape index (κ3) is 2.06. The smallest absolute Gasteiger partial charge is 0.0641 e. The lowest BCUT2D eigenvalue weighted by molar-refractivity contribution is 0.0611. The first-order chi connectivity index (χ1) is 6.91. The van der Waals surface area contributed by atoms with Gasteiger partial charge in [0.1, 0.15) is 0 Å². The molecule has 0 radical (unpaired) electrons. The summed E-state index contributed by atoms with van der Waals surface area (Å²) in [7, 11) is 0. The van der Waals surface area contributed by atoms with Crippen molar-refractivity contribution >= 4 is 0 Å². The van der Waals surface area contributed by atoms with Crippen molar-refractivity contribution in [3.8, 4) is 0 Å². The number of rotatable bonds is 1. The van der Waals surface area contributed by atoms with E-state index < -0.39 is 5.60 Å². The highest BCUT2D eigenvalue weighted by Gasteiger charge is 2.42. The van der Waals surface area contributed by atoms with Gasteiger partial charge in [-0.25, -0.2) is 0 Å². The van der Waals surface area contributed by atoms with E-state index in [2.05, 4.69) is 25.1 Å². The number of benzene rings is 1. The molecule has 0 heterocycles. The molecule has 0 bridgehead atoms. The van der Waals surface area contributed by atoms with Gasteiger partial charge < -0.3 is 10.8 Å². The highest BCUT2D eigenvalue weighted by atomic mass is 16.3. The molecule has 0 spiro atoms. The van der Waals surface area contributed by atoms with Gasteiger partial charge in [-0.05, 0) is 38.7 Å². The van der Waals surface area contributed by atoms with E-state index in [0.29, 0.717) is 6.42 Å². The van der Waals surface area contributed by atoms with Gasteiger partial charge in [0.2, 0.25) is 0 Å². The highest BCUT2D eigenvalue weighted by molar-refractivity contribution is 5.30. The topological polar surface area (TPSA) is 46.2 Å². The number of aryl methyl sites for hydroxylation is 1. The Balaban J connectivity index is 2.31. The van der Waals surface area contributed by atoms with E-state index in [-0.39, 0.29) is 5.54 Å². The average molecular weight is 205 g/mol. The predicted octanol–water partition coefficient (Wildman–Crippen LogP) is 2.08. The summed E-state index contributed by atoms with van der Waals surface area (Å²) in [6, 6.07) is 8.29. The van der Waals surface area contributed by atoms with Gasteiger partial charge in [0.25, 0.3) is 0 Å². The summed E-state index contributed by atoms with van der Waals surface area (Å²) in [5.74, 6) is 0. The van der Waals surface area contributed by atoms with E-state index in [0.717, 1.165) is 18.4 Å². The SMILES string of the molecule is Cc1cccc(C2(N)CCC(C)(O)C2)c1. The van der Waals surface area contributed by atoms with Crippen molar-refractivity contribution < 1.29 is 5.11 Å². The Hall–Kier alpha value is -0.860. The molecule has 1 fully saturated rings. The molecule has 15 heavy (non-hydrogen) atoms. The maximum atomic E-state index is 9.98. The molecule has 2 atom stereocenters. The quantitative estimate of drug-likeness (QED) is 0.737. The fourth-order valence-electron chi connectivity index (χ4n) is 2.55. The molecule has 82 valence electrons. The summed E-state index contributed by atoms with van der Waals surface area (Å²) in [5.41, 5.74) is 7.81. The number of nitrogens with two attached hydrogens (primary N) is 1. The summed E-state index contributed by atoms with van der Waals surface area (Å²) in [6.07, 6.45) is 2.31. The van der Waals surface area contributed by atoms with Gasteiger partial charge >= 0.3 is 0 Å². The molecule has 2 rings (SSSR count). The summed E-state index contributed by atoms with van der Waals surface area (Å²) < 4.78 is 0.